The molecule has 0 aliphatic heterocycles. The van der Waals surface area contributed by atoms with E-state index >= 15 is 0 Å². The predicted octanol–water partition coefficient (Wildman–Crippen LogP) is 3.45. The second-order valence-corrected chi connectivity index (χ2v) is 5.63. The molecule has 3 nitrogen and oxygen atoms in total. The highest BCUT2D eigenvalue weighted by molar-refractivity contribution is 5.23. The standard InChI is InChI=1S/C16H24F2N2O/c1-2-21-16(11-6-4-3-5-7-11)15(20-19)13-10-12(17)8-9-14(13)18/h8-11,15-16,20H,2-7,19H2,1H3. The first-order valence-corrected chi connectivity index (χ1v) is 7.70. The molecular weight excluding hydrogens is 274 g/mol. The van der Waals surface area contributed by atoms with Gasteiger partial charge in [0.1, 0.15) is 11.6 Å². The quantitative estimate of drug-likeness (QED) is 0.624. The second kappa shape index (κ2) is 7.82. The molecule has 0 aromatic heterocycles. The molecule has 0 saturated heterocycles. The van der Waals surface area contributed by atoms with Gasteiger partial charge in [0.15, 0.2) is 0 Å². The maximum atomic E-state index is 14.1. The van der Waals surface area contributed by atoms with Crippen LogP contribution in [0.3, 0.4) is 0 Å². The largest absolute Gasteiger partial charge is 0.376 e. The van der Waals surface area contributed by atoms with Gasteiger partial charge in [-0.3, -0.25) is 11.3 Å². The molecule has 0 heterocycles. The molecule has 0 spiro atoms. The monoisotopic (exact) mass is 298 g/mol. The van der Waals surface area contributed by atoms with Gasteiger partial charge in [0.25, 0.3) is 0 Å². The second-order valence-electron chi connectivity index (χ2n) is 5.63. The van der Waals surface area contributed by atoms with Crippen molar-refractivity contribution in [1.82, 2.24) is 5.43 Å². The molecule has 1 saturated carbocycles. The van der Waals surface area contributed by atoms with E-state index in [0.717, 1.165) is 37.8 Å². The first-order chi connectivity index (χ1) is 10.2. The summed E-state index contributed by atoms with van der Waals surface area (Å²) < 4.78 is 33.4. The minimum Gasteiger partial charge on any atom is -0.376 e. The maximum absolute atomic E-state index is 14.1. The molecule has 118 valence electrons. The van der Waals surface area contributed by atoms with E-state index in [2.05, 4.69) is 5.43 Å². The smallest absolute Gasteiger partial charge is 0.128 e. The lowest BCUT2D eigenvalue weighted by Gasteiger charge is -2.35. The molecule has 1 aromatic carbocycles. The molecule has 0 bridgehead atoms. The van der Waals surface area contributed by atoms with Crippen molar-refractivity contribution in [2.75, 3.05) is 6.61 Å². The summed E-state index contributed by atoms with van der Waals surface area (Å²) in [5, 5.41) is 0. The summed E-state index contributed by atoms with van der Waals surface area (Å²) in [6, 6.07) is 2.92. The molecule has 5 heteroatoms. The number of hydrogen-bond donors (Lipinski definition) is 2. The van der Waals surface area contributed by atoms with Gasteiger partial charge in [-0.1, -0.05) is 19.3 Å². The summed E-state index contributed by atoms with van der Waals surface area (Å²) in [6.07, 6.45) is 5.37. The zero-order valence-electron chi connectivity index (χ0n) is 12.4. The number of rotatable bonds is 6. The molecule has 21 heavy (non-hydrogen) atoms. The Labute approximate surface area is 124 Å². The first kappa shape index (κ1) is 16.3. The van der Waals surface area contributed by atoms with Crippen molar-refractivity contribution in [2.45, 2.75) is 51.2 Å². The predicted molar refractivity (Wildman–Crippen MR) is 78.4 cm³/mol. The fourth-order valence-corrected chi connectivity index (χ4v) is 3.27. The molecule has 1 aliphatic rings. The average molecular weight is 298 g/mol. The van der Waals surface area contributed by atoms with Crippen molar-refractivity contribution >= 4 is 0 Å². The number of benzene rings is 1. The van der Waals surface area contributed by atoms with Crippen LogP contribution in [0.5, 0.6) is 0 Å². The lowest BCUT2D eigenvalue weighted by Crippen LogP contribution is -2.43. The Hall–Kier alpha value is -1.04. The van der Waals surface area contributed by atoms with Crippen LogP contribution in [0.25, 0.3) is 0 Å². The Balaban J connectivity index is 2.27. The highest BCUT2D eigenvalue weighted by Gasteiger charge is 2.33. The van der Waals surface area contributed by atoms with Gasteiger partial charge in [-0.15, -0.1) is 0 Å². The van der Waals surface area contributed by atoms with Crippen LogP contribution < -0.4 is 11.3 Å². The Morgan fingerprint density at radius 1 is 1.29 bits per heavy atom. The van der Waals surface area contributed by atoms with Crippen LogP contribution in [0, 0.1) is 17.6 Å². The molecule has 2 rings (SSSR count). The molecule has 0 radical (unpaired) electrons. The average Bonchev–Trinajstić information content (AvgIpc) is 2.51. The van der Waals surface area contributed by atoms with Crippen LogP contribution in [0.4, 0.5) is 8.78 Å². The van der Waals surface area contributed by atoms with E-state index in [-0.39, 0.29) is 11.7 Å². The Morgan fingerprint density at radius 3 is 2.62 bits per heavy atom. The van der Waals surface area contributed by atoms with Gasteiger partial charge in [0.05, 0.1) is 12.1 Å². The van der Waals surface area contributed by atoms with Crippen molar-refractivity contribution in [3.8, 4) is 0 Å². The molecule has 1 aromatic rings. The van der Waals surface area contributed by atoms with Gasteiger partial charge in [0, 0.05) is 12.2 Å². The molecular formula is C16H24F2N2O. The zero-order valence-corrected chi connectivity index (χ0v) is 12.4. The number of nitrogens with one attached hydrogen (secondary N) is 1. The van der Waals surface area contributed by atoms with E-state index in [1.807, 2.05) is 6.92 Å². The third-order valence-electron chi connectivity index (χ3n) is 4.27. The van der Waals surface area contributed by atoms with Crippen molar-refractivity contribution in [3.05, 3.63) is 35.4 Å². The van der Waals surface area contributed by atoms with Crippen molar-refractivity contribution in [3.63, 3.8) is 0 Å². The summed E-state index contributed by atoms with van der Waals surface area (Å²) >= 11 is 0. The zero-order chi connectivity index (χ0) is 15.2. The third kappa shape index (κ3) is 3.99. The van der Waals surface area contributed by atoms with Crippen molar-refractivity contribution < 1.29 is 13.5 Å². The third-order valence-corrected chi connectivity index (χ3v) is 4.27. The van der Waals surface area contributed by atoms with Crippen molar-refractivity contribution in [2.24, 2.45) is 11.8 Å². The summed E-state index contributed by atoms with van der Waals surface area (Å²) in [4.78, 5) is 0. The van der Waals surface area contributed by atoms with E-state index in [9.17, 15) is 8.78 Å². The number of halogens is 2. The summed E-state index contributed by atoms with van der Waals surface area (Å²) in [7, 11) is 0. The number of ether oxygens (including phenoxy) is 1. The van der Waals surface area contributed by atoms with Gasteiger partial charge >= 0.3 is 0 Å². The highest BCUT2D eigenvalue weighted by Crippen LogP contribution is 2.35. The normalized spacial score (nSPS) is 19.4. The molecule has 3 N–H and O–H groups in total. The van der Waals surface area contributed by atoms with Gasteiger partial charge in [-0.2, -0.15) is 0 Å². The molecule has 2 atom stereocenters. The Morgan fingerprint density at radius 2 is 2.00 bits per heavy atom. The minimum absolute atomic E-state index is 0.238. The molecule has 0 amide bonds. The molecule has 1 aliphatic carbocycles. The molecule has 2 unspecified atom stereocenters. The number of nitrogens with two attached hydrogens (primary N) is 1. The van der Waals surface area contributed by atoms with E-state index in [4.69, 9.17) is 10.6 Å². The fourth-order valence-electron chi connectivity index (χ4n) is 3.27. The first-order valence-electron chi connectivity index (χ1n) is 7.70. The number of hydrazine groups is 1. The van der Waals surface area contributed by atoms with Crippen LogP contribution in [0.2, 0.25) is 0 Å². The maximum Gasteiger partial charge on any atom is 0.128 e. The van der Waals surface area contributed by atoms with Crippen LogP contribution in [-0.4, -0.2) is 12.7 Å². The fraction of sp³-hybridized carbons (Fsp3) is 0.625. The van der Waals surface area contributed by atoms with E-state index < -0.39 is 17.7 Å². The van der Waals surface area contributed by atoms with Crippen LogP contribution in [0.1, 0.15) is 50.6 Å². The van der Waals surface area contributed by atoms with Crippen LogP contribution >= 0.6 is 0 Å². The SMILES string of the molecule is CCOC(C1CCCCC1)C(NN)c1cc(F)ccc1F. The Bertz CT molecular complexity index is 450. The number of hydrogen-bond acceptors (Lipinski definition) is 3. The minimum atomic E-state index is -0.538. The summed E-state index contributed by atoms with van der Waals surface area (Å²) in [5.41, 5.74) is 2.87. The van der Waals surface area contributed by atoms with E-state index in [1.54, 1.807) is 0 Å². The van der Waals surface area contributed by atoms with Gasteiger partial charge in [-0.25, -0.2) is 8.78 Å². The lowest BCUT2D eigenvalue weighted by molar-refractivity contribution is -0.0191. The lowest BCUT2D eigenvalue weighted by atomic mass is 9.81. The summed E-state index contributed by atoms with van der Waals surface area (Å²) in [5.74, 6) is 5.04. The van der Waals surface area contributed by atoms with Crippen molar-refractivity contribution in [1.29, 1.82) is 0 Å². The van der Waals surface area contributed by atoms with E-state index in [1.165, 1.54) is 12.5 Å². The van der Waals surface area contributed by atoms with Gasteiger partial charge in [0.2, 0.25) is 0 Å². The summed E-state index contributed by atoms with van der Waals surface area (Å²) in [6.45, 7) is 2.43. The van der Waals surface area contributed by atoms with Crippen LogP contribution in [-0.2, 0) is 4.74 Å². The van der Waals surface area contributed by atoms with E-state index in [0.29, 0.717) is 12.5 Å². The Kier molecular flexibility index (Phi) is 6.08. The van der Waals surface area contributed by atoms with Crippen LogP contribution in [0.15, 0.2) is 18.2 Å². The van der Waals surface area contributed by atoms with Gasteiger partial charge < -0.3 is 4.74 Å². The topological polar surface area (TPSA) is 47.3 Å². The molecule has 1 fully saturated rings. The highest BCUT2D eigenvalue weighted by atomic mass is 19.1. The van der Waals surface area contributed by atoms with Gasteiger partial charge in [-0.05, 0) is 43.9 Å².